The highest BCUT2D eigenvalue weighted by Crippen LogP contribution is 2.23. The average molecular weight is 332 g/mol. The molecule has 1 aromatic heterocycles. The first-order chi connectivity index (χ1) is 11.0. The number of hydrogen-bond acceptors (Lipinski definition) is 3. The first-order valence-electron chi connectivity index (χ1n) is 7.34. The zero-order chi connectivity index (χ0) is 16.8. The molecule has 0 fully saturated rings. The van der Waals surface area contributed by atoms with Gasteiger partial charge in [-0.2, -0.15) is 0 Å². The highest BCUT2D eigenvalue weighted by atomic mass is 35.5. The summed E-state index contributed by atoms with van der Waals surface area (Å²) in [7, 11) is 0. The number of hydrogen-bond donors (Lipinski definition) is 2. The molecule has 6 heteroatoms. The Morgan fingerprint density at radius 1 is 1.09 bits per heavy atom. The highest BCUT2D eigenvalue weighted by Gasteiger charge is 2.13. The summed E-state index contributed by atoms with van der Waals surface area (Å²) in [6.07, 6.45) is 0.833. The molecule has 1 aromatic carbocycles. The lowest BCUT2D eigenvalue weighted by Crippen LogP contribution is -2.26. The van der Waals surface area contributed by atoms with Crippen molar-refractivity contribution in [2.45, 2.75) is 20.3 Å². The SMILES string of the molecule is CCCNC(=O)c1cccc(C(=O)Nc2cccc(Cl)c2C)n1. The molecular formula is C17H18ClN3O2. The summed E-state index contributed by atoms with van der Waals surface area (Å²) in [6.45, 7) is 4.35. The molecule has 0 atom stereocenters. The fraction of sp³-hybridized carbons (Fsp3) is 0.235. The number of carbonyl (C=O) groups is 2. The van der Waals surface area contributed by atoms with E-state index in [1.165, 1.54) is 0 Å². The molecule has 1 heterocycles. The van der Waals surface area contributed by atoms with Crippen molar-refractivity contribution in [2.75, 3.05) is 11.9 Å². The van der Waals surface area contributed by atoms with E-state index in [1.807, 2.05) is 13.8 Å². The molecule has 2 N–H and O–H groups in total. The lowest BCUT2D eigenvalue weighted by molar-refractivity contribution is 0.0948. The summed E-state index contributed by atoms with van der Waals surface area (Å²) in [5.41, 5.74) is 1.78. The lowest BCUT2D eigenvalue weighted by Gasteiger charge is -2.10. The first kappa shape index (κ1) is 17.0. The standard InChI is InChI=1S/C17H18ClN3O2/c1-3-10-19-16(22)14-8-5-9-15(20-14)17(23)21-13-7-4-6-12(18)11(13)2/h4-9H,3,10H2,1-2H3,(H,19,22)(H,21,23). The molecule has 0 saturated carbocycles. The van der Waals surface area contributed by atoms with Gasteiger partial charge in [0.15, 0.2) is 0 Å². The second-order valence-electron chi connectivity index (χ2n) is 5.03. The maximum atomic E-state index is 12.3. The Morgan fingerprint density at radius 2 is 1.74 bits per heavy atom. The number of carbonyl (C=O) groups excluding carboxylic acids is 2. The van der Waals surface area contributed by atoms with Gasteiger partial charge in [-0.15, -0.1) is 0 Å². The van der Waals surface area contributed by atoms with Crippen molar-refractivity contribution in [3.8, 4) is 0 Å². The second-order valence-corrected chi connectivity index (χ2v) is 5.44. The molecular weight excluding hydrogens is 314 g/mol. The van der Waals surface area contributed by atoms with Crippen LogP contribution in [0.5, 0.6) is 0 Å². The summed E-state index contributed by atoms with van der Waals surface area (Å²) in [4.78, 5) is 28.3. The van der Waals surface area contributed by atoms with Crippen LogP contribution in [0.1, 0.15) is 39.9 Å². The smallest absolute Gasteiger partial charge is 0.274 e. The van der Waals surface area contributed by atoms with E-state index < -0.39 is 0 Å². The van der Waals surface area contributed by atoms with Gasteiger partial charge < -0.3 is 10.6 Å². The zero-order valence-corrected chi connectivity index (χ0v) is 13.8. The van der Waals surface area contributed by atoms with E-state index >= 15 is 0 Å². The quantitative estimate of drug-likeness (QED) is 0.881. The number of nitrogens with one attached hydrogen (secondary N) is 2. The van der Waals surface area contributed by atoms with Gasteiger partial charge in [-0.3, -0.25) is 9.59 Å². The molecule has 0 aliphatic carbocycles. The van der Waals surface area contributed by atoms with Gasteiger partial charge in [0.2, 0.25) is 0 Å². The minimum absolute atomic E-state index is 0.175. The maximum Gasteiger partial charge on any atom is 0.274 e. The molecule has 0 bridgehead atoms. The molecule has 0 spiro atoms. The van der Waals surface area contributed by atoms with Crippen LogP contribution in [0.15, 0.2) is 36.4 Å². The molecule has 2 amide bonds. The minimum Gasteiger partial charge on any atom is -0.351 e. The topological polar surface area (TPSA) is 71.1 Å². The molecule has 2 rings (SSSR count). The van der Waals surface area contributed by atoms with Crippen molar-refractivity contribution in [1.29, 1.82) is 0 Å². The average Bonchev–Trinajstić information content (AvgIpc) is 2.57. The Labute approximate surface area is 140 Å². The number of benzene rings is 1. The fourth-order valence-electron chi connectivity index (χ4n) is 1.95. The van der Waals surface area contributed by atoms with Crippen LogP contribution in [0.3, 0.4) is 0 Å². The van der Waals surface area contributed by atoms with E-state index in [4.69, 9.17) is 11.6 Å². The third-order valence-corrected chi connectivity index (χ3v) is 3.68. The highest BCUT2D eigenvalue weighted by molar-refractivity contribution is 6.31. The number of nitrogens with zero attached hydrogens (tertiary/aromatic N) is 1. The molecule has 2 aromatic rings. The first-order valence-corrected chi connectivity index (χ1v) is 7.72. The van der Waals surface area contributed by atoms with E-state index in [0.29, 0.717) is 17.3 Å². The van der Waals surface area contributed by atoms with Gasteiger partial charge in [-0.25, -0.2) is 4.98 Å². The largest absolute Gasteiger partial charge is 0.351 e. The maximum absolute atomic E-state index is 12.3. The van der Waals surface area contributed by atoms with Crippen molar-refractivity contribution in [1.82, 2.24) is 10.3 Å². The molecule has 0 aliphatic heterocycles. The number of rotatable bonds is 5. The second kappa shape index (κ2) is 7.74. The van der Waals surface area contributed by atoms with Gasteiger partial charge in [0.05, 0.1) is 0 Å². The molecule has 23 heavy (non-hydrogen) atoms. The van der Waals surface area contributed by atoms with Crippen LogP contribution in [0, 0.1) is 6.92 Å². The minimum atomic E-state index is -0.388. The van der Waals surface area contributed by atoms with E-state index in [1.54, 1.807) is 36.4 Å². The summed E-state index contributed by atoms with van der Waals surface area (Å²) in [6, 6.07) is 10.0. The number of pyridine rings is 1. The van der Waals surface area contributed by atoms with Gasteiger partial charge in [-0.1, -0.05) is 30.7 Å². The number of anilines is 1. The van der Waals surface area contributed by atoms with Crippen LogP contribution >= 0.6 is 11.6 Å². The van der Waals surface area contributed by atoms with Crippen LogP contribution in [-0.2, 0) is 0 Å². The third kappa shape index (κ3) is 4.29. The van der Waals surface area contributed by atoms with Crippen molar-refractivity contribution in [3.63, 3.8) is 0 Å². The van der Waals surface area contributed by atoms with E-state index in [0.717, 1.165) is 12.0 Å². The van der Waals surface area contributed by atoms with E-state index in [-0.39, 0.29) is 23.2 Å². The third-order valence-electron chi connectivity index (χ3n) is 3.27. The Hall–Kier alpha value is -2.40. The number of amides is 2. The number of halogens is 1. The Bertz CT molecular complexity index is 732. The predicted octanol–water partition coefficient (Wildman–Crippen LogP) is 3.44. The van der Waals surface area contributed by atoms with Crippen LogP contribution < -0.4 is 10.6 Å². The van der Waals surface area contributed by atoms with Crippen molar-refractivity contribution < 1.29 is 9.59 Å². The fourth-order valence-corrected chi connectivity index (χ4v) is 2.12. The zero-order valence-electron chi connectivity index (χ0n) is 13.0. The molecule has 0 unspecified atom stereocenters. The summed E-state index contributed by atoms with van der Waals surface area (Å²) in [5, 5.41) is 6.06. The molecule has 0 saturated heterocycles. The normalized spacial score (nSPS) is 10.2. The summed E-state index contributed by atoms with van der Waals surface area (Å²) >= 11 is 6.04. The van der Waals surface area contributed by atoms with Crippen LogP contribution in [0.2, 0.25) is 5.02 Å². The Morgan fingerprint density at radius 3 is 2.43 bits per heavy atom. The number of aromatic nitrogens is 1. The molecule has 5 nitrogen and oxygen atoms in total. The molecule has 120 valence electrons. The van der Waals surface area contributed by atoms with Gasteiger partial charge in [0.1, 0.15) is 11.4 Å². The van der Waals surface area contributed by atoms with Crippen molar-refractivity contribution in [3.05, 3.63) is 58.4 Å². The van der Waals surface area contributed by atoms with E-state index in [2.05, 4.69) is 15.6 Å². The Kier molecular flexibility index (Phi) is 5.71. The van der Waals surface area contributed by atoms with Crippen LogP contribution in [0.4, 0.5) is 5.69 Å². The van der Waals surface area contributed by atoms with Crippen LogP contribution in [-0.4, -0.2) is 23.3 Å². The predicted molar refractivity (Wildman–Crippen MR) is 91.0 cm³/mol. The van der Waals surface area contributed by atoms with Gasteiger partial charge in [0, 0.05) is 17.3 Å². The summed E-state index contributed by atoms with van der Waals surface area (Å²) < 4.78 is 0. The van der Waals surface area contributed by atoms with Gasteiger partial charge in [-0.05, 0) is 43.2 Å². The lowest BCUT2D eigenvalue weighted by atomic mass is 10.2. The Balaban J connectivity index is 2.16. The van der Waals surface area contributed by atoms with E-state index in [9.17, 15) is 9.59 Å². The molecule has 0 aliphatic rings. The summed E-state index contributed by atoms with van der Waals surface area (Å²) in [5.74, 6) is -0.680. The monoisotopic (exact) mass is 331 g/mol. The van der Waals surface area contributed by atoms with Gasteiger partial charge in [0.25, 0.3) is 11.8 Å². The van der Waals surface area contributed by atoms with Crippen molar-refractivity contribution in [2.24, 2.45) is 0 Å². The van der Waals surface area contributed by atoms with Crippen LogP contribution in [0.25, 0.3) is 0 Å². The molecule has 0 radical (unpaired) electrons. The van der Waals surface area contributed by atoms with Crippen molar-refractivity contribution >= 4 is 29.1 Å². The van der Waals surface area contributed by atoms with Gasteiger partial charge >= 0.3 is 0 Å².